The van der Waals surface area contributed by atoms with Crippen molar-refractivity contribution in [3.05, 3.63) is 124 Å². The highest BCUT2D eigenvalue weighted by Crippen LogP contribution is 2.35. The van der Waals surface area contributed by atoms with Crippen molar-refractivity contribution in [1.82, 2.24) is 4.57 Å². The topological polar surface area (TPSA) is 93.7 Å². The predicted octanol–water partition coefficient (Wildman–Crippen LogP) is 5.25. The number of hydrogen-bond donors (Lipinski definition) is 0. The Morgan fingerprint density at radius 2 is 1.93 bits per heavy atom. The average Bonchev–Trinajstić information content (AvgIpc) is 3.27. The van der Waals surface area contributed by atoms with E-state index in [1.54, 1.807) is 55.5 Å². The highest BCUT2D eigenvalue weighted by molar-refractivity contribution is 9.10. The van der Waals surface area contributed by atoms with Gasteiger partial charge in [0.25, 0.3) is 5.56 Å². The zero-order valence-electron chi connectivity index (χ0n) is 21.1. The number of carbonyl (C=O) groups excluding carboxylic acids is 1. The molecule has 1 aromatic heterocycles. The van der Waals surface area contributed by atoms with E-state index in [2.05, 4.69) is 15.9 Å². The van der Waals surface area contributed by atoms with Crippen LogP contribution in [-0.2, 0) is 9.53 Å². The van der Waals surface area contributed by atoms with Crippen molar-refractivity contribution in [3.63, 3.8) is 0 Å². The van der Waals surface area contributed by atoms with Crippen molar-refractivity contribution in [2.75, 3.05) is 13.2 Å². The molecule has 0 aliphatic carbocycles. The summed E-state index contributed by atoms with van der Waals surface area (Å²) in [6.45, 7) is 1.83. The minimum absolute atomic E-state index is 0.0756. The molecule has 1 aliphatic heterocycles. The quantitative estimate of drug-likeness (QED) is 0.259. The summed E-state index contributed by atoms with van der Waals surface area (Å²) in [5, 5.41) is 9.33. The Balaban J connectivity index is 1.75. The molecular formula is C30H21BrClN3O4S. The van der Waals surface area contributed by atoms with Crippen LogP contribution in [0.2, 0.25) is 5.02 Å². The molecule has 40 heavy (non-hydrogen) atoms. The number of nitriles is 1. The summed E-state index contributed by atoms with van der Waals surface area (Å²) < 4.78 is 13.5. The van der Waals surface area contributed by atoms with Crippen molar-refractivity contribution in [1.29, 1.82) is 5.26 Å². The summed E-state index contributed by atoms with van der Waals surface area (Å²) in [4.78, 5) is 32.7. The first-order chi connectivity index (χ1) is 19.4. The summed E-state index contributed by atoms with van der Waals surface area (Å²) in [6, 6.07) is 22.9. The Hall–Kier alpha value is -3.97. The molecule has 0 radical (unpaired) electrons. The molecule has 1 atom stereocenters. The van der Waals surface area contributed by atoms with E-state index in [9.17, 15) is 9.59 Å². The minimum Gasteiger partial charge on any atom is -0.478 e. The van der Waals surface area contributed by atoms with Gasteiger partial charge in [-0.15, -0.1) is 0 Å². The number of nitrogens with zero attached hydrogens (tertiary/aromatic N) is 3. The van der Waals surface area contributed by atoms with E-state index < -0.39 is 12.0 Å². The molecule has 0 saturated heterocycles. The third-order valence-electron chi connectivity index (χ3n) is 6.11. The van der Waals surface area contributed by atoms with Crippen LogP contribution in [0, 0.1) is 11.3 Å². The van der Waals surface area contributed by atoms with Gasteiger partial charge in [-0.3, -0.25) is 9.36 Å². The van der Waals surface area contributed by atoms with Crippen LogP contribution in [0.5, 0.6) is 5.75 Å². The van der Waals surface area contributed by atoms with Gasteiger partial charge in [0.2, 0.25) is 0 Å². The summed E-state index contributed by atoms with van der Waals surface area (Å²) in [7, 11) is 0. The Labute approximate surface area is 247 Å². The van der Waals surface area contributed by atoms with Crippen LogP contribution < -0.4 is 19.6 Å². The molecule has 200 valence electrons. The van der Waals surface area contributed by atoms with Gasteiger partial charge >= 0.3 is 5.97 Å². The largest absolute Gasteiger partial charge is 0.478 e. The van der Waals surface area contributed by atoms with E-state index in [-0.39, 0.29) is 24.3 Å². The summed E-state index contributed by atoms with van der Waals surface area (Å²) in [5.74, 6) is -0.0225. The van der Waals surface area contributed by atoms with Crippen LogP contribution in [0.15, 0.2) is 92.6 Å². The van der Waals surface area contributed by atoms with Crippen molar-refractivity contribution in [2.45, 2.75) is 13.0 Å². The molecule has 0 spiro atoms. The third kappa shape index (κ3) is 5.52. The second-order valence-corrected chi connectivity index (χ2v) is 10.9. The van der Waals surface area contributed by atoms with Crippen LogP contribution in [0.4, 0.5) is 0 Å². The summed E-state index contributed by atoms with van der Waals surface area (Å²) in [5.41, 5.74) is 2.62. The smallest absolute Gasteiger partial charge is 0.338 e. The van der Waals surface area contributed by atoms with E-state index in [1.165, 1.54) is 15.9 Å². The predicted molar refractivity (Wildman–Crippen MR) is 158 cm³/mol. The van der Waals surface area contributed by atoms with Gasteiger partial charge in [0.1, 0.15) is 11.8 Å². The monoisotopic (exact) mass is 633 g/mol. The first kappa shape index (κ1) is 27.6. The van der Waals surface area contributed by atoms with E-state index in [0.717, 1.165) is 11.1 Å². The maximum absolute atomic E-state index is 13.9. The van der Waals surface area contributed by atoms with Crippen LogP contribution in [0.1, 0.15) is 29.7 Å². The molecule has 3 aromatic carbocycles. The normalized spacial score (nSPS) is 14.8. The second-order valence-electron chi connectivity index (χ2n) is 8.62. The third-order valence-corrected chi connectivity index (χ3v) is 7.96. The Morgan fingerprint density at radius 3 is 2.60 bits per heavy atom. The lowest BCUT2D eigenvalue weighted by molar-refractivity contribution is -0.138. The van der Waals surface area contributed by atoms with Gasteiger partial charge in [-0.25, -0.2) is 9.79 Å². The number of thiazole rings is 1. The van der Waals surface area contributed by atoms with Crippen LogP contribution >= 0.6 is 38.9 Å². The molecule has 0 amide bonds. The molecule has 4 aromatic rings. The first-order valence-electron chi connectivity index (χ1n) is 12.2. The molecule has 0 unspecified atom stereocenters. The van der Waals surface area contributed by atoms with Gasteiger partial charge in [0.05, 0.1) is 32.9 Å². The van der Waals surface area contributed by atoms with Crippen LogP contribution in [0.25, 0.3) is 11.8 Å². The average molecular weight is 635 g/mol. The molecular weight excluding hydrogens is 614 g/mol. The molecule has 1 aliphatic rings. The lowest BCUT2D eigenvalue weighted by Gasteiger charge is -2.25. The molecule has 2 heterocycles. The summed E-state index contributed by atoms with van der Waals surface area (Å²) in [6.07, 6.45) is 1.76. The highest BCUT2D eigenvalue weighted by atomic mass is 79.9. The van der Waals surface area contributed by atoms with Crippen LogP contribution in [0.3, 0.4) is 0 Å². The van der Waals surface area contributed by atoms with Crippen LogP contribution in [-0.4, -0.2) is 23.8 Å². The standard InChI is InChI=1S/C30H21BrClN3O4S/c1-2-38-29(37)25-26(19-6-4-3-5-7-19)34-30-35(27(25)20-9-11-21(32)12-10-20)28(36)24(40-30)17-18-8-13-23(22(31)16-18)39-15-14-33/h3-13,16-17,27H,2,15H2,1H3/b24-17-/t27-/m0/s1. The fourth-order valence-corrected chi connectivity index (χ4v) is 6.02. The minimum atomic E-state index is -0.779. The second kappa shape index (κ2) is 12.0. The van der Waals surface area contributed by atoms with E-state index in [0.29, 0.717) is 35.8 Å². The first-order valence-corrected chi connectivity index (χ1v) is 14.2. The lowest BCUT2D eigenvalue weighted by Crippen LogP contribution is -2.40. The fourth-order valence-electron chi connectivity index (χ4n) is 4.39. The zero-order chi connectivity index (χ0) is 28.2. The number of hydrogen-bond acceptors (Lipinski definition) is 7. The molecule has 0 bridgehead atoms. The van der Waals surface area contributed by atoms with Crippen molar-refractivity contribution < 1.29 is 14.3 Å². The van der Waals surface area contributed by atoms with Crippen molar-refractivity contribution in [3.8, 4) is 11.8 Å². The molecule has 7 nitrogen and oxygen atoms in total. The maximum Gasteiger partial charge on any atom is 0.338 e. The van der Waals surface area contributed by atoms with E-state index in [1.807, 2.05) is 36.4 Å². The number of aromatic nitrogens is 1. The Kier molecular flexibility index (Phi) is 8.31. The molecule has 0 N–H and O–H groups in total. The number of carbonyl (C=O) groups is 1. The number of rotatable bonds is 7. The van der Waals surface area contributed by atoms with E-state index in [4.69, 9.17) is 31.3 Å². The number of esters is 1. The van der Waals surface area contributed by atoms with Crippen molar-refractivity contribution >= 4 is 56.6 Å². The van der Waals surface area contributed by atoms with Gasteiger partial charge in [-0.2, -0.15) is 5.26 Å². The molecule has 10 heteroatoms. The Morgan fingerprint density at radius 1 is 1.18 bits per heavy atom. The number of fused-ring (bicyclic) bond motifs is 1. The zero-order valence-corrected chi connectivity index (χ0v) is 24.3. The number of halogens is 2. The van der Waals surface area contributed by atoms with Gasteiger partial charge < -0.3 is 9.47 Å². The van der Waals surface area contributed by atoms with Gasteiger partial charge in [-0.05, 0) is 64.3 Å². The highest BCUT2D eigenvalue weighted by Gasteiger charge is 2.35. The van der Waals surface area contributed by atoms with Gasteiger partial charge in [-0.1, -0.05) is 71.5 Å². The van der Waals surface area contributed by atoms with Gasteiger partial charge in [0, 0.05) is 10.6 Å². The molecule has 0 saturated carbocycles. The summed E-state index contributed by atoms with van der Waals surface area (Å²) >= 11 is 10.9. The van der Waals surface area contributed by atoms with Gasteiger partial charge in [0.15, 0.2) is 11.4 Å². The lowest BCUT2D eigenvalue weighted by atomic mass is 9.93. The Bertz CT molecular complexity index is 1840. The van der Waals surface area contributed by atoms with Crippen molar-refractivity contribution in [2.24, 2.45) is 4.99 Å². The van der Waals surface area contributed by atoms with E-state index >= 15 is 0 Å². The number of benzene rings is 3. The maximum atomic E-state index is 13.9. The molecule has 0 fully saturated rings. The number of ether oxygens (including phenoxy) is 2. The fraction of sp³-hybridized carbons (Fsp3) is 0.133. The molecule has 5 rings (SSSR count). The SMILES string of the molecule is CCOC(=O)C1=C(c2ccccc2)N=c2s/c(=C\c3ccc(OCC#N)c(Br)c3)c(=O)n2[C@H]1c1ccc(Cl)cc1.